The molecule has 0 saturated carbocycles. The summed E-state index contributed by atoms with van der Waals surface area (Å²) < 4.78 is 1.32. The molecule has 0 atom stereocenters. The quantitative estimate of drug-likeness (QED) is 0.804. The number of thiophene rings is 1. The van der Waals surface area contributed by atoms with Gasteiger partial charge in [0, 0.05) is 8.95 Å². The molecular formula is C12H7Br2NO3S. The van der Waals surface area contributed by atoms with Gasteiger partial charge in [-0.3, -0.25) is 4.79 Å². The number of amides is 1. The fourth-order valence-corrected chi connectivity index (χ4v) is 3.24. The lowest BCUT2D eigenvalue weighted by Crippen LogP contribution is -2.14. The first-order valence-electron chi connectivity index (χ1n) is 5.06. The molecule has 0 bridgehead atoms. The number of carboxylic acid groups (broad SMARTS) is 1. The Labute approximate surface area is 129 Å². The highest BCUT2D eigenvalue weighted by atomic mass is 79.9. The topological polar surface area (TPSA) is 66.4 Å². The smallest absolute Gasteiger partial charge is 0.337 e. The fourth-order valence-electron chi connectivity index (χ4n) is 1.44. The van der Waals surface area contributed by atoms with Gasteiger partial charge in [0.25, 0.3) is 5.91 Å². The molecule has 0 aliphatic rings. The van der Waals surface area contributed by atoms with Gasteiger partial charge in [-0.1, -0.05) is 15.9 Å². The van der Waals surface area contributed by atoms with Crippen molar-refractivity contribution in [1.82, 2.24) is 0 Å². The first kappa shape index (κ1) is 14.2. The monoisotopic (exact) mass is 403 g/mol. The Balaban J connectivity index is 2.32. The van der Waals surface area contributed by atoms with Crippen LogP contribution in [0.3, 0.4) is 0 Å². The summed E-state index contributed by atoms with van der Waals surface area (Å²) in [6.45, 7) is 0. The van der Waals surface area contributed by atoms with Crippen molar-refractivity contribution < 1.29 is 14.7 Å². The van der Waals surface area contributed by atoms with Crippen LogP contribution in [0.15, 0.2) is 38.6 Å². The molecule has 7 heteroatoms. The van der Waals surface area contributed by atoms with Gasteiger partial charge in [0.1, 0.15) is 4.88 Å². The Morgan fingerprint density at radius 3 is 2.53 bits per heavy atom. The van der Waals surface area contributed by atoms with E-state index in [9.17, 15) is 9.59 Å². The van der Waals surface area contributed by atoms with Gasteiger partial charge < -0.3 is 10.4 Å². The van der Waals surface area contributed by atoms with E-state index >= 15 is 0 Å². The number of nitrogens with one attached hydrogen (secondary N) is 1. The summed E-state index contributed by atoms with van der Waals surface area (Å²) in [5.41, 5.74) is 0.302. The second-order valence-corrected chi connectivity index (χ2v) is 6.23. The van der Waals surface area contributed by atoms with Crippen molar-refractivity contribution in [1.29, 1.82) is 0 Å². The molecule has 0 fully saturated rings. The van der Waals surface area contributed by atoms with E-state index in [2.05, 4.69) is 37.2 Å². The van der Waals surface area contributed by atoms with Crippen molar-refractivity contribution in [3.63, 3.8) is 0 Å². The molecule has 0 spiro atoms. The predicted molar refractivity (Wildman–Crippen MR) is 81.1 cm³/mol. The highest BCUT2D eigenvalue weighted by Gasteiger charge is 2.16. The standard InChI is InChI=1S/C12H7Br2NO3S/c13-6-1-2-9(7(5-6)12(17)18)15-11(16)10-8(14)3-4-19-10/h1-5H,(H,15,16)(H,17,18). The number of rotatable bonds is 3. The molecule has 1 aromatic heterocycles. The number of aromatic carboxylic acids is 1. The van der Waals surface area contributed by atoms with Crippen LogP contribution in [-0.2, 0) is 0 Å². The maximum atomic E-state index is 12.0. The number of benzene rings is 1. The van der Waals surface area contributed by atoms with E-state index in [4.69, 9.17) is 5.11 Å². The maximum Gasteiger partial charge on any atom is 0.337 e. The van der Waals surface area contributed by atoms with Gasteiger partial charge >= 0.3 is 5.97 Å². The zero-order valence-corrected chi connectivity index (χ0v) is 13.3. The average molecular weight is 405 g/mol. The molecule has 0 unspecified atom stereocenters. The van der Waals surface area contributed by atoms with Crippen LogP contribution in [0.5, 0.6) is 0 Å². The molecule has 2 rings (SSSR count). The molecule has 4 nitrogen and oxygen atoms in total. The van der Waals surface area contributed by atoms with Gasteiger partial charge in [-0.25, -0.2) is 4.79 Å². The molecule has 2 N–H and O–H groups in total. The maximum absolute atomic E-state index is 12.0. The first-order valence-corrected chi connectivity index (χ1v) is 7.53. The number of carbonyl (C=O) groups is 2. The molecule has 0 aliphatic carbocycles. The van der Waals surface area contributed by atoms with E-state index in [-0.39, 0.29) is 17.2 Å². The molecule has 0 saturated heterocycles. The van der Waals surface area contributed by atoms with E-state index in [0.717, 1.165) is 0 Å². The third-order valence-corrected chi connectivity index (χ3v) is 4.61. The number of carboxylic acids is 1. The predicted octanol–water partition coefficient (Wildman–Crippen LogP) is 4.22. The van der Waals surface area contributed by atoms with Gasteiger partial charge in [-0.2, -0.15) is 0 Å². The number of anilines is 1. The van der Waals surface area contributed by atoms with E-state index in [0.29, 0.717) is 13.8 Å². The van der Waals surface area contributed by atoms with E-state index in [1.54, 1.807) is 23.6 Å². The van der Waals surface area contributed by atoms with E-state index < -0.39 is 5.97 Å². The summed E-state index contributed by atoms with van der Waals surface area (Å²) in [6, 6.07) is 6.43. The molecular weight excluding hydrogens is 398 g/mol. The van der Waals surface area contributed by atoms with Crippen molar-refractivity contribution in [3.8, 4) is 0 Å². The Hall–Kier alpha value is -1.18. The normalized spacial score (nSPS) is 10.2. The van der Waals surface area contributed by atoms with Gasteiger partial charge in [0.05, 0.1) is 11.3 Å². The van der Waals surface area contributed by atoms with Gasteiger partial charge in [0.15, 0.2) is 0 Å². The van der Waals surface area contributed by atoms with Crippen molar-refractivity contribution in [2.45, 2.75) is 0 Å². The molecule has 1 aromatic carbocycles. The highest BCUT2D eigenvalue weighted by Crippen LogP contribution is 2.26. The lowest BCUT2D eigenvalue weighted by molar-refractivity contribution is 0.0698. The number of hydrogen-bond donors (Lipinski definition) is 2. The summed E-state index contributed by atoms with van der Waals surface area (Å²) in [5.74, 6) is -1.44. The minimum absolute atomic E-state index is 0.0374. The summed E-state index contributed by atoms with van der Waals surface area (Å²) in [4.78, 5) is 23.6. The molecule has 2 aromatic rings. The average Bonchev–Trinajstić information content (AvgIpc) is 2.77. The van der Waals surface area contributed by atoms with Crippen LogP contribution >= 0.6 is 43.2 Å². The van der Waals surface area contributed by atoms with Crippen molar-refractivity contribution >= 4 is 60.8 Å². The fraction of sp³-hybridized carbons (Fsp3) is 0. The first-order chi connectivity index (χ1) is 8.99. The molecule has 0 radical (unpaired) electrons. The highest BCUT2D eigenvalue weighted by molar-refractivity contribution is 9.10. The van der Waals surface area contributed by atoms with Crippen LogP contribution in [0, 0.1) is 0 Å². The lowest BCUT2D eigenvalue weighted by Gasteiger charge is -2.08. The molecule has 98 valence electrons. The summed E-state index contributed by atoms with van der Waals surface area (Å²) in [6.07, 6.45) is 0. The summed E-state index contributed by atoms with van der Waals surface area (Å²) in [7, 11) is 0. The second kappa shape index (κ2) is 5.85. The van der Waals surface area contributed by atoms with E-state index in [1.807, 2.05) is 0 Å². The SMILES string of the molecule is O=C(O)c1cc(Br)ccc1NC(=O)c1sccc1Br. The number of halogens is 2. The van der Waals surface area contributed by atoms with Crippen LogP contribution in [0.25, 0.3) is 0 Å². The van der Waals surface area contributed by atoms with Crippen molar-refractivity contribution in [3.05, 3.63) is 49.0 Å². The number of hydrogen-bond acceptors (Lipinski definition) is 3. The van der Waals surface area contributed by atoms with Gasteiger partial charge in [-0.15, -0.1) is 11.3 Å². The molecule has 0 aliphatic heterocycles. The Morgan fingerprint density at radius 2 is 1.95 bits per heavy atom. The Morgan fingerprint density at radius 1 is 1.21 bits per heavy atom. The zero-order valence-electron chi connectivity index (χ0n) is 9.31. The minimum Gasteiger partial charge on any atom is -0.478 e. The third kappa shape index (κ3) is 3.23. The van der Waals surface area contributed by atoms with E-state index in [1.165, 1.54) is 17.4 Å². The van der Waals surface area contributed by atoms with Crippen LogP contribution in [0.1, 0.15) is 20.0 Å². The van der Waals surface area contributed by atoms with Crippen LogP contribution in [-0.4, -0.2) is 17.0 Å². The molecule has 1 heterocycles. The molecule has 1 amide bonds. The van der Waals surface area contributed by atoms with Gasteiger partial charge in [-0.05, 0) is 45.6 Å². The van der Waals surface area contributed by atoms with Crippen molar-refractivity contribution in [2.75, 3.05) is 5.32 Å². The third-order valence-electron chi connectivity index (χ3n) is 2.28. The largest absolute Gasteiger partial charge is 0.478 e. The lowest BCUT2D eigenvalue weighted by atomic mass is 10.2. The van der Waals surface area contributed by atoms with Gasteiger partial charge in [0.2, 0.25) is 0 Å². The zero-order chi connectivity index (χ0) is 14.0. The minimum atomic E-state index is -1.10. The Bertz CT molecular complexity index is 654. The van der Waals surface area contributed by atoms with Crippen LogP contribution in [0.4, 0.5) is 5.69 Å². The number of carbonyl (C=O) groups excluding carboxylic acids is 1. The Kier molecular flexibility index (Phi) is 4.38. The summed E-state index contributed by atoms with van der Waals surface area (Å²) in [5, 5.41) is 13.5. The second-order valence-electron chi connectivity index (χ2n) is 3.55. The van der Waals surface area contributed by atoms with Crippen LogP contribution < -0.4 is 5.32 Å². The van der Waals surface area contributed by atoms with Crippen LogP contribution in [0.2, 0.25) is 0 Å². The summed E-state index contributed by atoms with van der Waals surface area (Å²) >= 11 is 7.74. The molecule has 19 heavy (non-hydrogen) atoms. The van der Waals surface area contributed by atoms with Crippen molar-refractivity contribution in [2.24, 2.45) is 0 Å².